The summed E-state index contributed by atoms with van der Waals surface area (Å²) in [6.45, 7) is 0.391. The molecule has 124 valence electrons. The van der Waals surface area contributed by atoms with Gasteiger partial charge in [-0.2, -0.15) is 0 Å². The maximum Gasteiger partial charge on any atom is 0.205 e. The first-order valence-corrected chi connectivity index (χ1v) is 8.09. The Morgan fingerprint density at radius 2 is 1.96 bits per heavy atom. The molecule has 0 unspecified atom stereocenters. The van der Waals surface area contributed by atoms with Gasteiger partial charge in [0.05, 0.1) is 7.11 Å². The molecule has 1 N–H and O–H groups in total. The predicted molar refractivity (Wildman–Crippen MR) is 89.4 cm³/mol. The molecular weight excluding hydrogens is 332 g/mol. The number of aromatic nitrogens is 2. The maximum atomic E-state index is 13.7. The molecule has 7 heteroatoms. The summed E-state index contributed by atoms with van der Waals surface area (Å²) < 4.78 is 32.2. The first-order chi connectivity index (χ1) is 11.6. The van der Waals surface area contributed by atoms with E-state index in [1.165, 1.54) is 36.6 Å². The van der Waals surface area contributed by atoms with E-state index >= 15 is 0 Å². The molecule has 2 aromatic carbocycles. The molecule has 0 radical (unpaired) electrons. The van der Waals surface area contributed by atoms with Crippen LogP contribution in [0.3, 0.4) is 0 Å². The number of nitrogens with zero attached hydrogens (tertiary/aromatic N) is 2. The summed E-state index contributed by atoms with van der Waals surface area (Å²) in [7, 11) is 1.49. The molecule has 0 aliphatic heterocycles. The monoisotopic (exact) mass is 347 g/mol. The van der Waals surface area contributed by atoms with Crippen LogP contribution in [0.5, 0.6) is 5.75 Å². The molecule has 0 aliphatic rings. The van der Waals surface area contributed by atoms with Crippen molar-refractivity contribution in [3.63, 3.8) is 0 Å². The van der Waals surface area contributed by atoms with Crippen LogP contribution in [0.2, 0.25) is 0 Å². The first kappa shape index (κ1) is 16.3. The molecule has 4 nitrogen and oxygen atoms in total. The van der Waals surface area contributed by atoms with Gasteiger partial charge in [-0.05, 0) is 29.3 Å². The van der Waals surface area contributed by atoms with Crippen LogP contribution in [0.4, 0.5) is 13.9 Å². The predicted octanol–water partition coefficient (Wildman–Crippen LogP) is 4.03. The quantitative estimate of drug-likeness (QED) is 0.731. The summed E-state index contributed by atoms with van der Waals surface area (Å²) in [5.74, 6) is -0.151. The fourth-order valence-electron chi connectivity index (χ4n) is 2.22. The minimum atomic E-state index is -0.358. The van der Waals surface area contributed by atoms with E-state index in [4.69, 9.17) is 4.74 Å². The largest absolute Gasteiger partial charge is 0.497 e. The first-order valence-electron chi connectivity index (χ1n) is 7.27. The summed E-state index contributed by atoms with van der Waals surface area (Å²) in [6.07, 6.45) is 0.389. The van der Waals surface area contributed by atoms with Gasteiger partial charge in [0.2, 0.25) is 5.13 Å². The molecule has 0 spiro atoms. The van der Waals surface area contributed by atoms with Gasteiger partial charge in [0.1, 0.15) is 22.4 Å². The van der Waals surface area contributed by atoms with E-state index < -0.39 is 0 Å². The number of rotatable bonds is 6. The molecule has 0 saturated heterocycles. The van der Waals surface area contributed by atoms with Gasteiger partial charge in [0.25, 0.3) is 0 Å². The molecule has 1 aromatic heterocycles. The molecule has 0 amide bonds. The van der Waals surface area contributed by atoms with Crippen LogP contribution >= 0.6 is 11.3 Å². The molecule has 0 bridgehead atoms. The Morgan fingerprint density at radius 1 is 1.12 bits per heavy atom. The average molecular weight is 347 g/mol. The van der Waals surface area contributed by atoms with Crippen molar-refractivity contribution in [2.45, 2.75) is 13.0 Å². The smallest absolute Gasteiger partial charge is 0.205 e. The zero-order chi connectivity index (χ0) is 16.9. The Kier molecular flexibility index (Phi) is 5.00. The van der Waals surface area contributed by atoms with Crippen molar-refractivity contribution in [1.29, 1.82) is 0 Å². The lowest BCUT2D eigenvalue weighted by Gasteiger charge is -2.05. The number of anilines is 1. The van der Waals surface area contributed by atoms with Crippen molar-refractivity contribution in [3.8, 4) is 5.75 Å². The van der Waals surface area contributed by atoms with Crippen LogP contribution in [0.1, 0.15) is 16.1 Å². The SMILES string of the molecule is COc1cc(F)cc(CNc2nnc(Cc3ccccc3F)s2)c1. The lowest BCUT2D eigenvalue weighted by molar-refractivity contribution is 0.410. The Morgan fingerprint density at radius 3 is 2.75 bits per heavy atom. The third kappa shape index (κ3) is 4.05. The van der Waals surface area contributed by atoms with Crippen LogP contribution in [-0.4, -0.2) is 17.3 Å². The highest BCUT2D eigenvalue weighted by Gasteiger charge is 2.08. The van der Waals surface area contributed by atoms with Crippen LogP contribution in [-0.2, 0) is 13.0 Å². The van der Waals surface area contributed by atoms with Gasteiger partial charge in [0, 0.05) is 19.0 Å². The summed E-state index contributed by atoms with van der Waals surface area (Å²) in [5, 5.41) is 12.5. The fraction of sp³-hybridized carbons (Fsp3) is 0.176. The minimum Gasteiger partial charge on any atom is -0.497 e. The molecule has 3 aromatic rings. The topological polar surface area (TPSA) is 47.0 Å². The lowest BCUT2D eigenvalue weighted by Crippen LogP contribution is -2.00. The minimum absolute atomic E-state index is 0.255. The molecular formula is C17H15F2N3OS. The molecule has 0 atom stereocenters. The third-order valence-electron chi connectivity index (χ3n) is 3.38. The Balaban J connectivity index is 1.64. The number of halogens is 2. The normalized spacial score (nSPS) is 10.6. The Hall–Kier alpha value is -2.54. The van der Waals surface area contributed by atoms with E-state index in [0.29, 0.717) is 34.4 Å². The number of benzene rings is 2. The number of nitrogens with one attached hydrogen (secondary N) is 1. The lowest BCUT2D eigenvalue weighted by atomic mass is 10.1. The molecule has 0 saturated carbocycles. The van der Waals surface area contributed by atoms with Crippen molar-refractivity contribution >= 4 is 16.5 Å². The number of hydrogen-bond donors (Lipinski definition) is 1. The van der Waals surface area contributed by atoms with Gasteiger partial charge in [-0.15, -0.1) is 10.2 Å². The Labute approximate surface area is 142 Å². The average Bonchev–Trinajstić information content (AvgIpc) is 3.02. The van der Waals surface area contributed by atoms with Crippen molar-refractivity contribution < 1.29 is 13.5 Å². The molecule has 1 heterocycles. The zero-order valence-corrected chi connectivity index (χ0v) is 13.7. The van der Waals surface area contributed by atoms with E-state index in [1.807, 2.05) is 0 Å². The van der Waals surface area contributed by atoms with Gasteiger partial charge < -0.3 is 10.1 Å². The van der Waals surface area contributed by atoms with E-state index in [1.54, 1.807) is 24.3 Å². The van der Waals surface area contributed by atoms with Crippen LogP contribution < -0.4 is 10.1 Å². The number of hydrogen-bond acceptors (Lipinski definition) is 5. The van der Waals surface area contributed by atoms with Crippen LogP contribution in [0.25, 0.3) is 0 Å². The summed E-state index contributed by atoms with van der Waals surface area (Å²) in [5.41, 5.74) is 1.31. The van der Waals surface area contributed by atoms with Gasteiger partial charge in [0.15, 0.2) is 0 Å². The second kappa shape index (κ2) is 7.35. The van der Waals surface area contributed by atoms with Crippen molar-refractivity contribution in [2.75, 3.05) is 12.4 Å². The third-order valence-corrected chi connectivity index (χ3v) is 4.26. The van der Waals surface area contributed by atoms with E-state index in [0.717, 1.165) is 5.56 Å². The standard InChI is InChI=1S/C17H15F2N3OS/c1-23-14-7-11(6-13(18)9-14)10-20-17-22-21-16(24-17)8-12-4-2-3-5-15(12)19/h2-7,9H,8,10H2,1H3,(H,20,22). The maximum absolute atomic E-state index is 13.7. The highest BCUT2D eigenvalue weighted by atomic mass is 32.1. The van der Waals surface area contributed by atoms with Crippen LogP contribution in [0.15, 0.2) is 42.5 Å². The van der Waals surface area contributed by atoms with Gasteiger partial charge >= 0.3 is 0 Å². The Bertz CT molecular complexity index is 838. The number of ether oxygens (including phenoxy) is 1. The molecule has 0 fully saturated rings. The van der Waals surface area contributed by atoms with Crippen molar-refractivity contribution in [3.05, 3.63) is 70.2 Å². The second-order valence-corrected chi connectivity index (χ2v) is 6.18. The highest BCUT2D eigenvalue weighted by molar-refractivity contribution is 7.15. The van der Waals surface area contributed by atoms with Gasteiger partial charge in [-0.3, -0.25) is 0 Å². The van der Waals surface area contributed by atoms with Gasteiger partial charge in [-0.25, -0.2) is 8.78 Å². The van der Waals surface area contributed by atoms with E-state index in [-0.39, 0.29) is 11.6 Å². The van der Waals surface area contributed by atoms with E-state index in [2.05, 4.69) is 15.5 Å². The molecule has 0 aliphatic carbocycles. The van der Waals surface area contributed by atoms with Crippen molar-refractivity contribution in [2.24, 2.45) is 0 Å². The van der Waals surface area contributed by atoms with Crippen LogP contribution in [0, 0.1) is 11.6 Å². The number of methoxy groups -OCH3 is 1. The fourth-order valence-corrected chi connectivity index (χ4v) is 2.98. The summed E-state index contributed by atoms with van der Waals surface area (Å²) >= 11 is 1.34. The van der Waals surface area contributed by atoms with Crippen molar-refractivity contribution in [1.82, 2.24) is 10.2 Å². The summed E-state index contributed by atoms with van der Waals surface area (Å²) in [4.78, 5) is 0. The molecule has 3 rings (SSSR count). The summed E-state index contributed by atoms with van der Waals surface area (Å²) in [6, 6.07) is 11.1. The second-order valence-electron chi connectivity index (χ2n) is 5.12. The zero-order valence-electron chi connectivity index (χ0n) is 12.9. The van der Waals surface area contributed by atoms with E-state index in [9.17, 15) is 8.78 Å². The van der Waals surface area contributed by atoms with Gasteiger partial charge in [-0.1, -0.05) is 29.5 Å². The highest BCUT2D eigenvalue weighted by Crippen LogP contribution is 2.21. The molecule has 24 heavy (non-hydrogen) atoms.